The average Bonchev–Trinajstić information content (AvgIpc) is 2.46. The van der Waals surface area contributed by atoms with Crippen LogP contribution in [-0.4, -0.2) is 18.6 Å². The van der Waals surface area contributed by atoms with Crippen molar-refractivity contribution in [3.05, 3.63) is 58.6 Å². The number of carbonyl (C=O) groups is 1. The first kappa shape index (κ1) is 14.2. The number of halogens is 1. The maximum atomic E-state index is 10.9. The first-order valence-corrected chi connectivity index (χ1v) is 7.63. The smallest absolute Gasteiger partial charge is 0.153 e. The third-order valence-corrected chi connectivity index (χ3v) is 3.92. The number of benzene rings is 2. The summed E-state index contributed by atoms with van der Waals surface area (Å²) in [5.41, 5.74) is 0.569. The zero-order valence-electron chi connectivity index (χ0n) is 10.2. The predicted molar refractivity (Wildman–Crippen MR) is 82.2 cm³/mol. The molecule has 98 valence electrons. The molecule has 0 aliphatic heterocycles. The van der Waals surface area contributed by atoms with Crippen molar-refractivity contribution in [3.8, 4) is 5.75 Å². The van der Waals surface area contributed by atoms with E-state index in [0.717, 1.165) is 16.5 Å². The minimum atomic E-state index is 0.569. The topological polar surface area (TPSA) is 26.3 Å². The summed E-state index contributed by atoms with van der Waals surface area (Å²) in [5, 5.41) is 0. The van der Waals surface area contributed by atoms with Gasteiger partial charge < -0.3 is 4.74 Å². The number of thioether (sulfide) groups is 1. The van der Waals surface area contributed by atoms with Crippen molar-refractivity contribution < 1.29 is 9.53 Å². The highest BCUT2D eigenvalue weighted by atomic mass is 79.9. The summed E-state index contributed by atoms with van der Waals surface area (Å²) in [6.07, 6.45) is 0.810. The van der Waals surface area contributed by atoms with E-state index in [1.165, 1.54) is 4.90 Å². The monoisotopic (exact) mass is 336 g/mol. The van der Waals surface area contributed by atoms with E-state index in [4.69, 9.17) is 4.74 Å². The van der Waals surface area contributed by atoms with Crippen LogP contribution in [0.25, 0.3) is 0 Å². The average molecular weight is 337 g/mol. The SMILES string of the molecule is O=Cc1cc(Br)ccc1OCCSc1ccccc1. The van der Waals surface area contributed by atoms with Gasteiger partial charge in [0.05, 0.1) is 12.2 Å². The van der Waals surface area contributed by atoms with Gasteiger partial charge in [-0.2, -0.15) is 0 Å². The second-order valence-electron chi connectivity index (χ2n) is 3.81. The van der Waals surface area contributed by atoms with Crippen LogP contribution in [0.4, 0.5) is 0 Å². The van der Waals surface area contributed by atoms with Crippen molar-refractivity contribution in [2.75, 3.05) is 12.4 Å². The van der Waals surface area contributed by atoms with Gasteiger partial charge in [-0.05, 0) is 30.3 Å². The fraction of sp³-hybridized carbons (Fsp3) is 0.133. The van der Waals surface area contributed by atoms with E-state index >= 15 is 0 Å². The highest BCUT2D eigenvalue weighted by Crippen LogP contribution is 2.22. The van der Waals surface area contributed by atoms with E-state index in [1.807, 2.05) is 24.3 Å². The van der Waals surface area contributed by atoms with E-state index in [9.17, 15) is 4.79 Å². The largest absolute Gasteiger partial charge is 0.492 e. The molecule has 0 unspecified atom stereocenters. The van der Waals surface area contributed by atoms with Gasteiger partial charge in [0.2, 0.25) is 0 Å². The van der Waals surface area contributed by atoms with Gasteiger partial charge in [0.15, 0.2) is 6.29 Å². The van der Waals surface area contributed by atoms with Gasteiger partial charge in [-0.25, -0.2) is 0 Å². The van der Waals surface area contributed by atoms with Crippen LogP contribution in [0.1, 0.15) is 10.4 Å². The number of hydrogen-bond donors (Lipinski definition) is 0. The van der Waals surface area contributed by atoms with Crippen LogP contribution in [0.15, 0.2) is 57.9 Å². The molecule has 0 atom stereocenters. The minimum Gasteiger partial charge on any atom is -0.492 e. The lowest BCUT2D eigenvalue weighted by Crippen LogP contribution is -2.02. The number of aldehydes is 1. The van der Waals surface area contributed by atoms with E-state index in [-0.39, 0.29) is 0 Å². The van der Waals surface area contributed by atoms with E-state index in [0.29, 0.717) is 17.9 Å². The molecule has 2 aromatic carbocycles. The quantitative estimate of drug-likeness (QED) is 0.443. The molecule has 0 spiro atoms. The number of rotatable bonds is 6. The minimum absolute atomic E-state index is 0.569. The molecule has 0 aliphatic rings. The lowest BCUT2D eigenvalue weighted by atomic mass is 10.2. The van der Waals surface area contributed by atoms with Gasteiger partial charge in [0, 0.05) is 15.1 Å². The first-order valence-electron chi connectivity index (χ1n) is 5.85. The summed E-state index contributed by atoms with van der Waals surface area (Å²) in [5.74, 6) is 1.48. The number of hydrogen-bond acceptors (Lipinski definition) is 3. The second kappa shape index (κ2) is 7.36. The van der Waals surface area contributed by atoms with Crippen LogP contribution in [0, 0.1) is 0 Å². The maximum Gasteiger partial charge on any atom is 0.153 e. The molecular formula is C15H13BrO2S. The van der Waals surface area contributed by atoms with Crippen LogP contribution in [0.2, 0.25) is 0 Å². The highest BCUT2D eigenvalue weighted by molar-refractivity contribution is 9.10. The normalized spacial score (nSPS) is 10.2. The third kappa shape index (κ3) is 4.40. The molecule has 4 heteroatoms. The summed E-state index contributed by atoms with van der Waals surface area (Å²) in [6, 6.07) is 15.6. The molecule has 0 radical (unpaired) electrons. The molecule has 2 aromatic rings. The molecule has 0 bridgehead atoms. The third-order valence-electron chi connectivity index (χ3n) is 2.45. The first-order chi connectivity index (χ1) is 9.29. The Morgan fingerprint density at radius 3 is 2.68 bits per heavy atom. The number of carbonyl (C=O) groups excluding carboxylic acids is 1. The Balaban J connectivity index is 1.84. The summed E-state index contributed by atoms with van der Waals surface area (Å²) in [4.78, 5) is 12.1. The summed E-state index contributed by atoms with van der Waals surface area (Å²) in [7, 11) is 0. The van der Waals surface area contributed by atoms with Gasteiger partial charge in [0.25, 0.3) is 0 Å². The van der Waals surface area contributed by atoms with Crippen LogP contribution >= 0.6 is 27.7 Å². The Labute approximate surface area is 125 Å². The Morgan fingerprint density at radius 1 is 1.16 bits per heavy atom. The molecule has 0 amide bonds. The summed E-state index contributed by atoms with van der Waals surface area (Å²) in [6.45, 7) is 0.571. The van der Waals surface area contributed by atoms with E-state index in [2.05, 4.69) is 28.1 Å². The van der Waals surface area contributed by atoms with Crippen LogP contribution in [0.3, 0.4) is 0 Å². The molecule has 0 saturated heterocycles. The molecule has 0 heterocycles. The molecule has 19 heavy (non-hydrogen) atoms. The molecule has 2 nitrogen and oxygen atoms in total. The molecule has 2 rings (SSSR count). The van der Waals surface area contributed by atoms with Crippen molar-refractivity contribution in [1.29, 1.82) is 0 Å². The Kier molecular flexibility index (Phi) is 5.48. The standard InChI is InChI=1S/C15H13BrO2S/c16-13-6-7-15(12(10-13)11-17)18-8-9-19-14-4-2-1-3-5-14/h1-7,10-11H,8-9H2. The summed E-state index contributed by atoms with van der Waals surface area (Å²) >= 11 is 5.06. The highest BCUT2D eigenvalue weighted by Gasteiger charge is 2.03. The van der Waals surface area contributed by atoms with Gasteiger partial charge in [-0.3, -0.25) is 4.79 Å². The van der Waals surface area contributed by atoms with Crippen LogP contribution in [-0.2, 0) is 0 Å². The summed E-state index contributed by atoms with van der Waals surface area (Å²) < 4.78 is 6.51. The number of ether oxygens (including phenoxy) is 1. The van der Waals surface area contributed by atoms with Crippen molar-refractivity contribution in [1.82, 2.24) is 0 Å². The van der Waals surface area contributed by atoms with Crippen molar-refractivity contribution in [3.63, 3.8) is 0 Å². The van der Waals surface area contributed by atoms with Gasteiger partial charge in [-0.15, -0.1) is 11.8 Å². The maximum absolute atomic E-state index is 10.9. The molecule has 0 N–H and O–H groups in total. The Bertz CT molecular complexity index is 543. The fourth-order valence-corrected chi connectivity index (χ4v) is 2.70. The zero-order chi connectivity index (χ0) is 13.5. The molecule has 0 aromatic heterocycles. The molecule has 0 fully saturated rings. The predicted octanol–water partition coefficient (Wildman–Crippen LogP) is 4.43. The Morgan fingerprint density at radius 2 is 1.95 bits per heavy atom. The van der Waals surface area contributed by atoms with Gasteiger partial charge >= 0.3 is 0 Å². The fourth-order valence-electron chi connectivity index (χ4n) is 1.57. The van der Waals surface area contributed by atoms with E-state index < -0.39 is 0 Å². The van der Waals surface area contributed by atoms with Crippen LogP contribution in [0.5, 0.6) is 5.75 Å². The zero-order valence-corrected chi connectivity index (χ0v) is 12.6. The molecule has 0 saturated carbocycles. The van der Waals surface area contributed by atoms with Crippen LogP contribution < -0.4 is 4.74 Å². The Hall–Kier alpha value is -1.26. The lowest BCUT2D eigenvalue weighted by molar-refractivity contribution is 0.112. The molecular weight excluding hydrogens is 324 g/mol. The lowest BCUT2D eigenvalue weighted by Gasteiger charge is -2.08. The second-order valence-corrected chi connectivity index (χ2v) is 5.89. The van der Waals surface area contributed by atoms with Crippen molar-refractivity contribution in [2.45, 2.75) is 4.90 Å². The van der Waals surface area contributed by atoms with Crippen molar-refractivity contribution >= 4 is 34.0 Å². The van der Waals surface area contributed by atoms with E-state index in [1.54, 1.807) is 23.9 Å². The van der Waals surface area contributed by atoms with Gasteiger partial charge in [0.1, 0.15) is 5.75 Å². The van der Waals surface area contributed by atoms with Gasteiger partial charge in [-0.1, -0.05) is 34.1 Å². The molecule has 0 aliphatic carbocycles. The van der Waals surface area contributed by atoms with Crippen molar-refractivity contribution in [2.24, 2.45) is 0 Å².